The SMILES string of the molecule is CC(Nc1ccnc(NCCc2cccc3c2OCO3)n1)c1ccccc1. The molecule has 0 fully saturated rings. The third-order valence-electron chi connectivity index (χ3n) is 4.48. The van der Waals surface area contributed by atoms with Crippen LogP contribution in [0.5, 0.6) is 11.5 Å². The Morgan fingerprint density at radius 2 is 1.93 bits per heavy atom. The molecule has 1 atom stereocenters. The zero-order chi connectivity index (χ0) is 18.5. The van der Waals surface area contributed by atoms with E-state index in [-0.39, 0.29) is 12.8 Å². The van der Waals surface area contributed by atoms with Crippen LogP contribution in [-0.4, -0.2) is 23.3 Å². The molecule has 2 aromatic carbocycles. The molecule has 1 aliphatic rings. The van der Waals surface area contributed by atoms with Gasteiger partial charge in [0.05, 0.1) is 0 Å². The van der Waals surface area contributed by atoms with Gasteiger partial charge in [-0.05, 0) is 36.6 Å². The molecule has 4 rings (SSSR count). The summed E-state index contributed by atoms with van der Waals surface area (Å²) in [6, 6.07) is 18.3. The minimum atomic E-state index is 0.165. The number of fused-ring (bicyclic) bond motifs is 1. The van der Waals surface area contributed by atoms with Crippen molar-refractivity contribution in [2.45, 2.75) is 19.4 Å². The van der Waals surface area contributed by atoms with Crippen LogP contribution >= 0.6 is 0 Å². The Hall–Kier alpha value is -3.28. The summed E-state index contributed by atoms with van der Waals surface area (Å²) in [4.78, 5) is 8.86. The molecule has 1 unspecified atom stereocenters. The molecule has 0 bridgehead atoms. The van der Waals surface area contributed by atoms with Crippen molar-refractivity contribution < 1.29 is 9.47 Å². The van der Waals surface area contributed by atoms with Crippen LogP contribution in [-0.2, 0) is 6.42 Å². The van der Waals surface area contributed by atoms with Gasteiger partial charge in [-0.25, -0.2) is 4.98 Å². The van der Waals surface area contributed by atoms with Crippen molar-refractivity contribution in [2.24, 2.45) is 0 Å². The lowest BCUT2D eigenvalue weighted by Crippen LogP contribution is -2.11. The smallest absolute Gasteiger partial charge is 0.231 e. The molecular weight excluding hydrogens is 340 g/mol. The maximum absolute atomic E-state index is 5.55. The van der Waals surface area contributed by atoms with Crippen molar-refractivity contribution in [2.75, 3.05) is 24.0 Å². The molecule has 1 aromatic heterocycles. The Balaban J connectivity index is 1.35. The Morgan fingerprint density at radius 3 is 2.81 bits per heavy atom. The number of ether oxygens (including phenoxy) is 2. The number of nitrogens with zero attached hydrogens (tertiary/aromatic N) is 2. The van der Waals surface area contributed by atoms with Gasteiger partial charge < -0.3 is 20.1 Å². The van der Waals surface area contributed by atoms with Crippen molar-refractivity contribution in [1.29, 1.82) is 0 Å². The fraction of sp³-hybridized carbons (Fsp3) is 0.238. The van der Waals surface area contributed by atoms with Crippen molar-refractivity contribution in [3.8, 4) is 11.5 Å². The van der Waals surface area contributed by atoms with Gasteiger partial charge in [0, 0.05) is 18.8 Å². The summed E-state index contributed by atoms with van der Waals surface area (Å²) < 4.78 is 11.0. The van der Waals surface area contributed by atoms with Crippen LogP contribution in [0.4, 0.5) is 11.8 Å². The summed E-state index contributed by atoms with van der Waals surface area (Å²) in [5.41, 5.74) is 2.33. The summed E-state index contributed by atoms with van der Waals surface area (Å²) >= 11 is 0. The summed E-state index contributed by atoms with van der Waals surface area (Å²) in [5, 5.41) is 6.69. The largest absolute Gasteiger partial charge is 0.454 e. The molecule has 27 heavy (non-hydrogen) atoms. The number of para-hydroxylation sites is 1. The zero-order valence-corrected chi connectivity index (χ0v) is 15.2. The van der Waals surface area contributed by atoms with E-state index in [0.29, 0.717) is 12.5 Å². The topological polar surface area (TPSA) is 68.3 Å². The zero-order valence-electron chi connectivity index (χ0n) is 15.2. The van der Waals surface area contributed by atoms with Crippen molar-refractivity contribution in [3.63, 3.8) is 0 Å². The predicted molar refractivity (Wildman–Crippen MR) is 105 cm³/mol. The normalized spacial score (nSPS) is 13.2. The van der Waals surface area contributed by atoms with Crippen LogP contribution in [0.1, 0.15) is 24.1 Å². The number of aromatic nitrogens is 2. The molecule has 1 aliphatic heterocycles. The highest BCUT2D eigenvalue weighted by atomic mass is 16.7. The van der Waals surface area contributed by atoms with Crippen LogP contribution < -0.4 is 20.1 Å². The second kappa shape index (κ2) is 7.95. The van der Waals surface area contributed by atoms with E-state index in [2.05, 4.69) is 45.7 Å². The minimum Gasteiger partial charge on any atom is -0.454 e. The van der Waals surface area contributed by atoms with Gasteiger partial charge in [-0.2, -0.15) is 4.98 Å². The summed E-state index contributed by atoms with van der Waals surface area (Å²) in [7, 11) is 0. The van der Waals surface area contributed by atoms with Gasteiger partial charge >= 0.3 is 0 Å². The highest BCUT2D eigenvalue weighted by molar-refractivity contribution is 5.48. The summed E-state index contributed by atoms with van der Waals surface area (Å²) in [6.45, 7) is 3.11. The lowest BCUT2D eigenvalue weighted by atomic mass is 10.1. The fourth-order valence-electron chi connectivity index (χ4n) is 3.07. The second-order valence-corrected chi connectivity index (χ2v) is 6.37. The standard InChI is InChI=1S/C21H22N4O2/c1-15(16-6-3-2-4-7-16)24-19-11-13-23-21(25-19)22-12-10-17-8-5-9-18-20(17)27-14-26-18/h2-9,11,13,15H,10,12,14H2,1H3,(H2,22,23,24,25). The van der Waals surface area contributed by atoms with E-state index in [9.17, 15) is 0 Å². The van der Waals surface area contributed by atoms with Gasteiger partial charge in [-0.15, -0.1) is 0 Å². The highest BCUT2D eigenvalue weighted by Gasteiger charge is 2.16. The Labute approximate surface area is 158 Å². The first-order valence-electron chi connectivity index (χ1n) is 9.05. The summed E-state index contributed by atoms with van der Waals surface area (Å²) in [5.74, 6) is 3.04. The lowest BCUT2D eigenvalue weighted by Gasteiger charge is -2.15. The van der Waals surface area contributed by atoms with Gasteiger partial charge in [-0.3, -0.25) is 0 Å². The average molecular weight is 362 g/mol. The second-order valence-electron chi connectivity index (χ2n) is 6.37. The van der Waals surface area contributed by atoms with Crippen LogP contribution in [0.15, 0.2) is 60.8 Å². The van der Waals surface area contributed by atoms with Gasteiger partial charge in [-0.1, -0.05) is 42.5 Å². The quantitative estimate of drug-likeness (QED) is 0.661. The van der Waals surface area contributed by atoms with Crippen LogP contribution in [0.25, 0.3) is 0 Å². The number of rotatable bonds is 7. The van der Waals surface area contributed by atoms with Crippen LogP contribution in [0.2, 0.25) is 0 Å². The van der Waals surface area contributed by atoms with Crippen molar-refractivity contribution >= 4 is 11.8 Å². The van der Waals surface area contributed by atoms with E-state index in [1.54, 1.807) is 6.20 Å². The molecule has 0 saturated carbocycles. The molecule has 138 valence electrons. The van der Waals surface area contributed by atoms with Gasteiger partial charge in [0.15, 0.2) is 11.5 Å². The van der Waals surface area contributed by atoms with Crippen molar-refractivity contribution in [1.82, 2.24) is 9.97 Å². The maximum Gasteiger partial charge on any atom is 0.231 e. The van der Waals surface area contributed by atoms with E-state index < -0.39 is 0 Å². The van der Waals surface area contributed by atoms with Crippen molar-refractivity contribution in [3.05, 3.63) is 71.9 Å². The first-order valence-corrected chi connectivity index (χ1v) is 9.05. The van der Waals surface area contributed by atoms with E-state index in [1.165, 1.54) is 5.56 Å². The summed E-state index contributed by atoms with van der Waals surface area (Å²) in [6.07, 6.45) is 2.56. The fourth-order valence-corrected chi connectivity index (χ4v) is 3.07. The molecule has 3 aromatic rings. The molecule has 6 nitrogen and oxygen atoms in total. The minimum absolute atomic E-state index is 0.165. The third kappa shape index (κ3) is 4.11. The first-order chi connectivity index (χ1) is 13.3. The maximum atomic E-state index is 5.55. The van der Waals surface area contributed by atoms with E-state index in [4.69, 9.17) is 9.47 Å². The van der Waals surface area contributed by atoms with Gasteiger partial charge in [0.25, 0.3) is 0 Å². The first kappa shape index (κ1) is 17.1. The Kier molecular flexibility index (Phi) is 5.05. The molecule has 0 saturated heterocycles. The van der Waals surface area contributed by atoms with E-state index >= 15 is 0 Å². The predicted octanol–water partition coefficient (Wildman–Crippen LogP) is 4.03. The number of hydrogen-bond donors (Lipinski definition) is 2. The highest BCUT2D eigenvalue weighted by Crippen LogP contribution is 2.35. The number of hydrogen-bond acceptors (Lipinski definition) is 6. The monoisotopic (exact) mass is 362 g/mol. The molecule has 0 amide bonds. The molecule has 0 aliphatic carbocycles. The Bertz CT molecular complexity index is 902. The average Bonchev–Trinajstić information content (AvgIpc) is 3.19. The van der Waals surface area contributed by atoms with Gasteiger partial charge in [0.1, 0.15) is 5.82 Å². The van der Waals surface area contributed by atoms with E-state index in [1.807, 2.05) is 36.4 Å². The lowest BCUT2D eigenvalue weighted by molar-refractivity contribution is 0.173. The molecule has 2 N–H and O–H groups in total. The molecular formula is C21H22N4O2. The molecule has 6 heteroatoms. The molecule has 0 spiro atoms. The molecule has 0 radical (unpaired) electrons. The number of anilines is 2. The molecule has 2 heterocycles. The number of benzene rings is 2. The van der Waals surface area contributed by atoms with Gasteiger partial charge in [0.2, 0.25) is 12.7 Å². The Morgan fingerprint density at radius 1 is 1.04 bits per heavy atom. The van der Waals surface area contributed by atoms with E-state index in [0.717, 1.165) is 29.3 Å². The van der Waals surface area contributed by atoms with Crippen LogP contribution in [0, 0.1) is 0 Å². The van der Waals surface area contributed by atoms with Crippen LogP contribution in [0.3, 0.4) is 0 Å². The third-order valence-corrected chi connectivity index (χ3v) is 4.48. The number of nitrogens with one attached hydrogen (secondary N) is 2.